The zero-order chi connectivity index (χ0) is 23.7. The van der Waals surface area contributed by atoms with Gasteiger partial charge in [-0.25, -0.2) is 14.9 Å². The monoisotopic (exact) mass is 454 g/mol. The molecule has 0 spiro atoms. The summed E-state index contributed by atoms with van der Waals surface area (Å²) in [6, 6.07) is 18.7. The van der Waals surface area contributed by atoms with Crippen LogP contribution in [0.3, 0.4) is 0 Å². The van der Waals surface area contributed by atoms with Crippen LogP contribution >= 0.6 is 0 Å². The van der Waals surface area contributed by atoms with E-state index < -0.39 is 0 Å². The molecule has 8 heteroatoms. The van der Waals surface area contributed by atoms with Crippen LogP contribution in [-0.2, 0) is 9.59 Å². The Kier molecular flexibility index (Phi) is 5.71. The fourth-order valence-electron chi connectivity index (χ4n) is 4.40. The van der Waals surface area contributed by atoms with Crippen molar-refractivity contribution < 1.29 is 9.59 Å². The summed E-state index contributed by atoms with van der Waals surface area (Å²) in [5, 5.41) is 0. The molecule has 1 fully saturated rings. The molecule has 3 heterocycles. The van der Waals surface area contributed by atoms with Crippen LogP contribution in [0.4, 0.5) is 17.3 Å². The Bertz CT molecular complexity index is 1220. The first kappa shape index (κ1) is 21.6. The molecule has 0 aliphatic carbocycles. The third kappa shape index (κ3) is 3.87. The van der Waals surface area contributed by atoms with Gasteiger partial charge in [0.15, 0.2) is 0 Å². The number of piperazine rings is 1. The molecule has 1 saturated heterocycles. The average Bonchev–Trinajstić information content (AvgIpc) is 3.15. The largest absolute Gasteiger partial charge is 0.378 e. The van der Waals surface area contributed by atoms with E-state index >= 15 is 0 Å². The van der Waals surface area contributed by atoms with Crippen molar-refractivity contribution in [2.24, 2.45) is 0 Å². The lowest BCUT2D eigenvalue weighted by atomic mass is 10.0. The topological polar surface area (TPSA) is 72.9 Å². The summed E-state index contributed by atoms with van der Waals surface area (Å²) in [5.41, 5.74) is 3.23. The van der Waals surface area contributed by atoms with Gasteiger partial charge in [-0.15, -0.1) is 0 Å². The van der Waals surface area contributed by atoms with E-state index in [1.54, 1.807) is 18.5 Å². The summed E-state index contributed by atoms with van der Waals surface area (Å²) >= 11 is 0. The molecule has 1 aromatic heterocycles. The van der Waals surface area contributed by atoms with E-state index in [9.17, 15) is 9.59 Å². The van der Waals surface area contributed by atoms with Crippen LogP contribution in [0.15, 0.2) is 78.8 Å². The molecule has 5 rings (SSSR count). The minimum atomic E-state index is -0.294. The molecule has 0 saturated carbocycles. The Morgan fingerprint density at radius 1 is 0.735 bits per heavy atom. The number of carbonyl (C=O) groups excluding carboxylic acids is 2. The first-order chi connectivity index (χ1) is 16.5. The lowest BCUT2D eigenvalue weighted by Gasteiger charge is -2.36. The van der Waals surface area contributed by atoms with E-state index in [1.165, 1.54) is 4.90 Å². The van der Waals surface area contributed by atoms with E-state index in [0.29, 0.717) is 49.1 Å². The first-order valence-electron chi connectivity index (χ1n) is 11.3. The number of benzene rings is 2. The molecule has 2 aliphatic rings. The fraction of sp³-hybridized carbons (Fsp3) is 0.231. The van der Waals surface area contributed by atoms with Crippen molar-refractivity contribution >= 4 is 34.7 Å². The predicted molar refractivity (Wildman–Crippen MR) is 132 cm³/mol. The molecule has 0 atom stereocenters. The highest BCUT2D eigenvalue weighted by molar-refractivity contribution is 6.45. The van der Waals surface area contributed by atoms with E-state index in [0.717, 1.165) is 11.3 Å². The second-order valence-electron chi connectivity index (χ2n) is 8.47. The third-order valence-corrected chi connectivity index (χ3v) is 6.18. The zero-order valence-electron chi connectivity index (χ0n) is 19.3. The highest BCUT2D eigenvalue weighted by Gasteiger charge is 2.43. The number of amides is 2. The number of hydrogen-bond acceptors (Lipinski definition) is 7. The highest BCUT2D eigenvalue weighted by atomic mass is 16.2. The van der Waals surface area contributed by atoms with Crippen LogP contribution in [0.25, 0.3) is 5.57 Å². The quantitative estimate of drug-likeness (QED) is 0.549. The molecule has 0 radical (unpaired) electrons. The van der Waals surface area contributed by atoms with Gasteiger partial charge in [-0.3, -0.25) is 9.59 Å². The maximum Gasteiger partial charge on any atom is 0.282 e. The van der Waals surface area contributed by atoms with Crippen molar-refractivity contribution in [1.82, 2.24) is 14.9 Å². The molecule has 3 aromatic rings. The molecule has 2 aliphatic heterocycles. The Morgan fingerprint density at radius 2 is 1.35 bits per heavy atom. The number of carbonyl (C=O) groups is 2. The number of aromatic nitrogens is 2. The van der Waals surface area contributed by atoms with Crippen LogP contribution in [0.2, 0.25) is 0 Å². The summed E-state index contributed by atoms with van der Waals surface area (Å²) in [7, 11) is 3.91. The van der Waals surface area contributed by atoms with Crippen molar-refractivity contribution in [3.8, 4) is 0 Å². The lowest BCUT2D eigenvalue weighted by Crippen LogP contribution is -2.48. The lowest BCUT2D eigenvalue weighted by molar-refractivity contribution is -0.120. The van der Waals surface area contributed by atoms with Gasteiger partial charge in [-0.2, -0.15) is 0 Å². The first-order valence-corrected chi connectivity index (χ1v) is 11.3. The maximum atomic E-state index is 13.7. The van der Waals surface area contributed by atoms with E-state index in [1.807, 2.05) is 78.5 Å². The van der Waals surface area contributed by atoms with Crippen molar-refractivity contribution in [3.63, 3.8) is 0 Å². The van der Waals surface area contributed by atoms with Crippen LogP contribution in [0.1, 0.15) is 5.56 Å². The van der Waals surface area contributed by atoms with Crippen LogP contribution in [0, 0.1) is 0 Å². The van der Waals surface area contributed by atoms with E-state index in [2.05, 4.69) is 14.9 Å². The predicted octanol–water partition coefficient (Wildman–Crippen LogP) is 2.65. The van der Waals surface area contributed by atoms with Gasteiger partial charge in [0.05, 0.1) is 11.3 Å². The summed E-state index contributed by atoms with van der Waals surface area (Å²) in [4.78, 5) is 43.4. The molecule has 8 nitrogen and oxygen atoms in total. The number of rotatable bonds is 5. The Labute approximate surface area is 198 Å². The molecule has 2 amide bonds. The minimum absolute atomic E-state index is 0.286. The maximum absolute atomic E-state index is 13.7. The second kappa shape index (κ2) is 8.97. The zero-order valence-corrected chi connectivity index (χ0v) is 19.3. The van der Waals surface area contributed by atoms with Gasteiger partial charge in [0.25, 0.3) is 11.8 Å². The standard InChI is InChI=1S/C26H26N6O2/c1-29(2)20-9-11-21(12-10-20)32-24(33)22(19-7-4-3-5-8-19)23(25(32)34)30-15-17-31(18-16-30)26-27-13-6-14-28-26/h3-14H,15-18H2,1-2H3. The van der Waals surface area contributed by atoms with Gasteiger partial charge in [0.2, 0.25) is 5.95 Å². The van der Waals surface area contributed by atoms with Gasteiger partial charge in [0.1, 0.15) is 5.70 Å². The molecule has 34 heavy (non-hydrogen) atoms. The third-order valence-electron chi connectivity index (χ3n) is 6.18. The van der Waals surface area contributed by atoms with Gasteiger partial charge in [0, 0.05) is 58.4 Å². The summed E-state index contributed by atoms with van der Waals surface area (Å²) < 4.78 is 0. The Hall–Kier alpha value is -4.20. The van der Waals surface area contributed by atoms with Crippen molar-refractivity contribution in [2.75, 3.05) is 55.0 Å². The van der Waals surface area contributed by atoms with Crippen LogP contribution in [0.5, 0.6) is 0 Å². The molecular weight excluding hydrogens is 428 g/mol. The number of imide groups is 1. The van der Waals surface area contributed by atoms with Crippen molar-refractivity contribution in [1.29, 1.82) is 0 Å². The van der Waals surface area contributed by atoms with Gasteiger partial charge in [-0.05, 0) is 35.9 Å². The Balaban J connectivity index is 1.47. The summed E-state index contributed by atoms with van der Waals surface area (Å²) in [6.07, 6.45) is 3.45. The molecule has 2 aromatic carbocycles. The SMILES string of the molecule is CN(C)c1ccc(N2C(=O)C(c3ccccc3)=C(N3CCN(c4ncccn4)CC3)C2=O)cc1. The number of hydrogen-bond donors (Lipinski definition) is 0. The highest BCUT2D eigenvalue weighted by Crippen LogP contribution is 2.35. The molecule has 0 N–H and O–H groups in total. The van der Waals surface area contributed by atoms with Gasteiger partial charge < -0.3 is 14.7 Å². The van der Waals surface area contributed by atoms with Crippen LogP contribution < -0.4 is 14.7 Å². The van der Waals surface area contributed by atoms with Gasteiger partial charge in [-0.1, -0.05) is 30.3 Å². The normalized spacial score (nSPS) is 16.5. The second-order valence-corrected chi connectivity index (χ2v) is 8.47. The molecule has 172 valence electrons. The number of nitrogens with zero attached hydrogens (tertiary/aromatic N) is 6. The van der Waals surface area contributed by atoms with Crippen molar-refractivity contribution in [3.05, 3.63) is 84.3 Å². The Morgan fingerprint density at radius 3 is 1.97 bits per heavy atom. The van der Waals surface area contributed by atoms with E-state index in [4.69, 9.17) is 0 Å². The number of anilines is 3. The van der Waals surface area contributed by atoms with Gasteiger partial charge >= 0.3 is 0 Å². The fourth-order valence-corrected chi connectivity index (χ4v) is 4.40. The summed E-state index contributed by atoms with van der Waals surface area (Å²) in [5.74, 6) is 0.0966. The molecular formula is C26H26N6O2. The molecule has 0 unspecified atom stereocenters. The van der Waals surface area contributed by atoms with Crippen molar-refractivity contribution in [2.45, 2.75) is 0 Å². The van der Waals surface area contributed by atoms with E-state index in [-0.39, 0.29) is 11.8 Å². The van der Waals surface area contributed by atoms with Crippen LogP contribution in [-0.4, -0.2) is 67.0 Å². The smallest absolute Gasteiger partial charge is 0.282 e. The summed E-state index contributed by atoms with van der Waals surface area (Å²) in [6.45, 7) is 2.51. The minimum Gasteiger partial charge on any atom is -0.378 e. The molecule has 0 bridgehead atoms. The average molecular weight is 455 g/mol.